The average Bonchev–Trinajstić information content (AvgIpc) is 3.08. The molecule has 0 bridgehead atoms. The number of amides is 2. The maximum absolute atomic E-state index is 12.4. The number of carbonyl (C=O) groups is 2. The van der Waals surface area contributed by atoms with Crippen LogP contribution in [0.5, 0.6) is 11.5 Å². The Kier molecular flexibility index (Phi) is 5.96. The molecule has 1 aliphatic heterocycles. The van der Waals surface area contributed by atoms with Gasteiger partial charge in [0.1, 0.15) is 6.61 Å². The van der Waals surface area contributed by atoms with E-state index in [1.807, 2.05) is 55.5 Å². The number of methoxy groups -OCH3 is 1. The van der Waals surface area contributed by atoms with E-state index in [0.29, 0.717) is 31.2 Å². The molecule has 3 rings (SSSR count). The lowest BCUT2D eigenvalue weighted by Gasteiger charge is -2.17. The number of rotatable bonds is 7. The van der Waals surface area contributed by atoms with Crippen LogP contribution in [0.2, 0.25) is 0 Å². The van der Waals surface area contributed by atoms with Gasteiger partial charge >= 0.3 is 0 Å². The smallest absolute Gasteiger partial charge is 0.227 e. The Hall–Kier alpha value is -3.02. The molecule has 1 aliphatic rings. The van der Waals surface area contributed by atoms with Gasteiger partial charge in [0.15, 0.2) is 11.5 Å². The summed E-state index contributed by atoms with van der Waals surface area (Å²) in [4.78, 5) is 26.3. The van der Waals surface area contributed by atoms with Gasteiger partial charge in [0.05, 0.1) is 19.6 Å². The molecule has 6 nitrogen and oxygen atoms in total. The number of anilines is 1. The van der Waals surface area contributed by atoms with E-state index in [2.05, 4.69) is 5.32 Å². The van der Waals surface area contributed by atoms with Crippen LogP contribution in [0.1, 0.15) is 12.0 Å². The van der Waals surface area contributed by atoms with Crippen molar-refractivity contribution in [1.82, 2.24) is 5.32 Å². The van der Waals surface area contributed by atoms with Crippen molar-refractivity contribution in [2.24, 2.45) is 5.92 Å². The minimum absolute atomic E-state index is 0.0238. The zero-order valence-corrected chi connectivity index (χ0v) is 15.6. The summed E-state index contributed by atoms with van der Waals surface area (Å²) in [5.74, 6) is 0.797. The second kappa shape index (κ2) is 8.58. The van der Waals surface area contributed by atoms with Crippen LogP contribution >= 0.6 is 0 Å². The van der Waals surface area contributed by atoms with E-state index >= 15 is 0 Å². The van der Waals surface area contributed by atoms with Gasteiger partial charge in [0.2, 0.25) is 11.8 Å². The maximum atomic E-state index is 12.4. The Balaban J connectivity index is 1.47. The standard InChI is InChI=1S/C21H24N2O4/c1-15-7-9-17(10-8-15)23-14-16(13-20(23)24)21(25)22-11-12-27-19-6-4-3-5-18(19)26-2/h3-10,16H,11-14H2,1-2H3,(H,22,25)/t16-/m1/s1. The maximum Gasteiger partial charge on any atom is 0.227 e. The summed E-state index contributed by atoms with van der Waals surface area (Å²) in [5.41, 5.74) is 1.97. The number of nitrogens with one attached hydrogen (secondary N) is 1. The highest BCUT2D eigenvalue weighted by Crippen LogP contribution is 2.26. The Morgan fingerprint density at radius 2 is 1.85 bits per heavy atom. The number of carbonyl (C=O) groups excluding carboxylic acids is 2. The highest BCUT2D eigenvalue weighted by atomic mass is 16.5. The Morgan fingerprint density at radius 1 is 1.15 bits per heavy atom. The lowest BCUT2D eigenvalue weighted by Crippen LogP contribution is -2.35. The first-order chi connectivity index (χ1) is 13.1. The van der Waals surface area contributed by atoms with Crippen molar-refractivity contribution in [3.63, 3.8) is 0 Å². The highest BCUT2D eigenvalue weighted by Gasteiger charge is 2.34. The van der Waals surface area contributed by atoms with Gasteiger partial charge in [-0.25, -0.2) is 0 Å². The van der Waals surface area contributed by atoms with E-state index in [9.17, 15) is 9.59 Å². The zero-order valence-electron chi connectivity index (χ0n) is 15.6. The first kappa shape index (κ1) is 18.8. The van der Waals surface area contributed by atoms with Crippen molar-refractivity contribution in [3.05, 3.63) is 54.1 Å². The molecular formula is C21H24N2O4. The van der Waals surface area contributed by atoms with Gasteiger partial charge in [-0.3, -0.25) is 9.59 Å². The summed E-state index contributed by atoms with van der Waals surface area (Å²) in [7, 11) is 1.58. The van der Waals surface area contributed by atoms with Crippen LogP contribution in [-0.2, 0) is 9.59 Å². The van der Waals surface area contributed by atoms with Crippen LogP contribution in [0, 0.1) is 12.8 Å². The summed E-state index contributed by atoms with van der Waals surface area (Å²) >= 11 is 0. The van der Waals surface area contributed by atoms with Crippen molar-refractivity contribution >= 4 is 17.5 Å². The number of nitrogens with zero attached hydrogens (tertiary/aromatic N) is 1. The molecule has 0 saturated carbocycles. The van der Waals surface area contributed by atoms with Crippen molar-refractivity contribution in [2.75, 3.05) is 31.7 Å². The minimum Gasteiger partial charge on any atom is -0.493 e. The molecular weight excluding hydrogens is 344 g/mol. The zero-order chi connectivity index (χ0) is 19.2. The van der Waals surface area contributed by atoms with Crippen LogP contribution in [0.25, 0.3) is 0 Å². The molecule has 1 N–H and O–H groups in total. The van der Waals surface area contributed by atoms with Crippen molar-refractivity contribution in [2.45, 2.75) is 13.3 Å². The lowest BCUT2D eigenvalue weighted by molar-refractivity contribution is -0.126. The summed E-state index contributed by atoms with van der Waals surface area (Å²) in [5, 5.41) is 2.85. The molecule has 0 radical (unpaired) electrons. The second-order valence-corrected chi connectivity index (χ2v) is 6.53. The van der Waals surface area contributed by atoms with Gasteiger partial charge < -0.3 is 19.7 Å². The molecule has 6 heteroatoms. The van der Waals surface area contributed by atoms with E-state index in [1.165, 1.54) is 0 Å². The number of aryl methyl sites for hydroxylation is 1. The van der Waals surface area contributed by atoms with Crippen molar-refractivity contribution in [1.29, 1.82) is 0 Å². The predicted octanol–water partition coefficient (Wildman–Crippen LogP) is 2.55. The Labute approximate surface area is 159 Å². The van der Waals surface area contributed by atoms with Gasteiger partial charge in [0.25, 0.3) is 0 Å². The fourth-order valence-electron chi connectivity index (χ4n) is 3.08. The van der Waals surface area contributed by atoms with Crippen LogP contribution in [0.3, 0.4) is 0 Å². The lowest BCUT2D eigenvalue weighted by atomic mass is 10.1. The SMILES string of the molecule is COc1ccccc1OCCNC(=O)[C@@H]1CC(=O)N(c2ccc(C)cc2)C1. The predicted molar refractivity (Wildman–Crippen MR) is 103 cm³/mol. The summed E-state index contributed by atoms with van der Waals surface area (Å²) < 4.78 is 10.9. The average molecular weight is 368 g/mol. The summed E-state index contributed by atoms with van der Waals surface area (Å²) in [6.45, 7) is 3.10. The number of para-hydroxylation sites is 2. The molecule has 142 valence electrons. The molecule has 0 aromatic heterocycles. The third-order valence-corrected chi connectivity index (χ3v) is 4.57. The van der Waals surface area contributed by atoms with E-state index in [1.54, 1.807) is 12.0 Å². The van der Waals surface area contributed by atoms with Crippen molar-refractivity contribution < 1.29 is 19.1 Å². The number of hydrogen-bond acceptors (Lipinski definition) is 4. The van der Waals surface area contributed by atoms with Gasteiger partial charge in [-0.1, -0.05) is 29.8 Å². The fourth-order valence-corrected chi connectivity index (χ4v) is 3.08. The molecule has 2 amide bonds. The molecule has 1 saturated heterocycles. The highest BCUT2D eigenvalue weighted by molar-refractivity contribution is 6.00. The van der Waals surface area contributed by atoms with Crippen molar-refractivity contribution in [3.8, 4) is 11.5 Å². The largest absolute Gasteiger partial charge is 0.493 e. The van der Waals surface area contributed by atoms with Crippen LogP contribution in [0.4, 0.5) is 5.69 Å². The summed E-state index contributed by atoms with van der Waals surface area (Å²) in [6.07, 6.45) is 0.229. The Morgan fingerprint density at radius 3 is 2.56 bits per heavy atom. The molecule has 1 atom stereocenters. The molecule has 0 aliphatic carbocycles. The normalized spacial score (nSPS) is 16.3. The minimum atomic E-state index is -0.343. The first-order valence-corrected chi connectivity index (χ1v) is 8.99. The van der Waals surface area contributed by atoms with Gasteiger partial charge in [-0.2, -0.15) is 0 Å². The quantitative estimate of drug-likeness (QED) is 0.763. The first-order valence-electron chi connectivity index (χ1n) is 8.99. The molecule has 1 fully saturated rings. The molecule has 0 unspecified atom stereocenters. The Bertz CT molecular complexity index is 804. The van der Waals surface area contributed by atoms with E-state index in [0.717, 1.165) is 11.3 Å². The second-order valence-electron chi connectivity index (χ2n) is 6.53. The number of benzene rings is 2. The van der Waals surface area contributed by atoms with E-state index in [4.69, 9.17) is 9.47 Å². The topological polar surface area (TPSA) is 67.9 Å². The number of hydrogen-bond donors (Lipinski definition) is 1. The van der Waals surface area contributed by atoms with E-state index < -0.39 is 0 Å². The van der Waals surface area contributed by atoms with Crippen LogP contribution < -0.4 is 19.7 Å². The third kappa shape index (κ3) is 4.58. The monoisotopic (exact) mass is 368 g/mol. The van der Waals surface area contributed by atoms with Gasteiger partial charge in [-0.15, -0.1) is 0 Å². The molecule has 2 aromatic rings. The fraction of sp³-hybridized carbons (Fsp3) is 0.333. The summed E-state index contributed by atoms with van der Waals surface area (Å²) in [6, 6.07) is 15.1. The van der Waals surface area contributed by atoms with Gasteiger partial charge in [0, 0.05) is 18.7 Å². The molecule has 27 heavy (non-hydrogen) atoms. The van der Waals surface area contributed by atoms with Crippen LogP contribution in [-0.4, -0.2) is 38.6 Å². The molecule has 2 aromatic carbocycles. The van der Waals surface area contributed by atoms with Gasteiger partial charge in [-0.05, 0) is 31.2 Å². The molecule has 0 spiro atoms. The van der Waals surface area contributed by atoms with Crippen LogP contribution in [0.15, 0.2) is 48.5 Å². The van der Waals surface area contributed by atoms with E-state index in [-0.39, 0.29) is 24.2 Å². The third-order valence-electron chi connectivity index (χ3n) is 4.57. The number of ether oxygens (including phenoxy) is 2. The molecule has 1 heterocycles.